The number of carbonyl (C=O) groups is 1. The van der Waals surface area contributed by atoms with Crippen LogP contribution in [0.2, 0.25) is 0 Å². The highest BCUT2D eigenvalue weighted by Crippen LogP contribution is 2.26. The molecule has 14 heavy (non-hydrogen) atoms. The van der Waals surface area contributed by atoms with Crippen molar-refractivity contribution >= 4 is 40.8 Å². The maximum Gasteiger partial charge on any atom is 0.305 e. The van der Waals surface area contributed by atoms with Crippen LogP contribution in [0.5, 0.6) is 0 Å². The third kappa shape index (κ3) is 10.4. The first-order valence-electron chi connectivity index (χ1n) is 4.29. The van der Waals surface area contributed by atoms with Crippen LogP contribution in [-0.2, 0) is 9.53 Å². The van der Waals surface area contributed by atoms with Crippen LogP contribution in [0, 0.1) is 0 Å². The van der Waals surface area contributed by atoms with Crippen molar-refractivity contribution in [2.75, 3.05) is 13.2 Å². The normalized spacial score (nSPS) is 11.4. The summed E-state index contributed by atoms with van der Waals surface area (Å²) < 4.78 is 3.15. The Morgan fingerprint density at radius 3 is 2.36 bits per heavy atom. The van der Waals surface area contributed by atoms with Gasteiger partial charge in [-0.05, 0) is 12.8 Å². The first-order valence-corrected chi connectivity index (χ1v) is 5.42. The van der Waals surface area contributed by atoms with Crippen molar-refractivity contribution in [2.45, 2.75) is 29.5 Å². The van der Waals surface area contributed by atoms with E-state index in [1.54, 1.807) is 0 Å². The number of halogens is 3. The fourth-order valence-corrected chi connectivity index (χ4v) is 0.956. The minimum atomic E-state index is -1.54. The molecule has 0 aromatic heterocycles. The maximum absolute atomic E-state index is 11.0. The molecule has 0 spiro atoms. The van der Waals surface area contributed by atoms with Gasteiger partial charge in [0.2, 0.25) is 3.79 Å². The molecule has 0 aromatic carbocycles. The minimum Gasteiger partial charge on any atom is -0.461 e. The van der Waals surface area contributed by atoms with Crippen LogP contribution in [0.1, 0.15) is 25.7 Å². The monoisotopic (exact) mass is 262 g/mol. The van der Waals surface area contributed by atoms with Crippen molar-refractivity contribution in [3.05, 3.63) is 0 Å². The maximum atomic E-state index is 11.0. The molecule has 3 nitrogen and oxygen atoms in total. The quantitative estimate of drug-likeness (QED) is 0.455. The summed E-state index contributed by atoms with van der Waals surface area (Å²) >= 11 is 16.1. The molecule has 0 saturated heterocycles. The third-order valence-corrected chi connectivity index (χ3v) is 1.76. The predicted molar refractivity (Wildman–Crippen MR) is 56.8 cm³/mol. The Bertz CT molecular complexity index is 168. The number of aliphatic hydroxyl groups is 1. The van der Waals surface area contributed by atoms with Gasteiger partial charge in [0.05, 0.1) is 0 Å². The fraction of sp³-hybridized carbons (Fsp3) is 0.875. The van der Waals surface area contributed by atoms with Gasteiger partial charge < -0.3 is 9.84 Å². The highest BCUT2D eigenvalue weighted by atomic mass is 35.6. The first kappa shape index (κ1) is 14.3. The first-order chi connectivity index (χ1) is 6.45. The van der Waals surface area contributed by atoms with Crippen LogP contribution < -0.4 is 0 Å². The van der Waals surface area contributed by atoms with E-state index in [2.05, 4.69) is 4.74 Å². The van der Waals surface area contributed by atoms with E-state index in [1.807, 2.05) is 0 Å². The molecule has 1 N–H and O–H groups in total. The van der Waals surface area contributed by atoms with Crippen molar-refractivity contribution < 1.29 is 14.6 Å². The highest BCUT2D eigenvalue weighted by Gasteiger charge is 2.21. The molecule has 0 heterocycles. The van der Waals surface area contributed by atoms with Crippen LogP contribution in [0.25, 0.3) is 0 Å². The Kier molecular flexibility index (Phi) is 7.74. The zero-order valence-corrected chi connectivity index (χ0v) is 9.91. The van der Waals surface area contributed by atoms with Crippen LogP contribution in [0.3, 0.4) is 0 Å². The molecule has 0 aromatic rings. The van der Waals surface area contributed by atoms with Crippen molar-refractivity contribution in [1.82, 2.24) is 0 Å². The lowest BCUT2D eigenvalue weighted by atomic mass is 10.2. The molecule has 0 bridgehead atoms. The summed E-state index contributed by atoms with van der Waals surface area (Å²) in [5.41, 5.74) is 0. The lowest BCUT2D eigenvalue weighted by Gasteiger charge is -2.10. The fourth-order valence-electron chi connectivity index (χ4n) is 0.792. The largest absolute Gasteiger partial charge is 0.461 e. The van der Waals surface area contributed by atoms with E-state index in [-0.39, 0.29) is 19.2 Å². The number of hydrogen-bond acceptors (Lipinski definition) is 3. The zero-order chi connectivity index (χ0) is 11.0. The number of alkyl halides is 3. The van der Waals surface area contributed by atoms with Crippen molar-refractivity contribution in [3.8, 4) is 0 Å². The van der Waals surface area contributed by atoms with Gasteiger partial charge in [-0.25, -0.2) is 0 Å². The van der Waals surface area contributed by atoms with E-state index in [9.17, 15) is 4.79 Å². The summed E-state index contributed by atoms with van der Waals surface area (Å²) in [6.07, 6.45) is 2.46. The third-order valence-electron chi connectivity index (χ3n) is 1.44. The van der Waals surface area contributed by atoms with E-state index in [0.717, 1.165) is 6.42 Å². The second-order valence-electron chi connectivity index (χ2n) is 2.81. The molecule has 0 atom stereocenters. The van der Waals surface area contributed by atoms with Crippen molar-refractivity contribution in [3.63, 3.8) is 0 Å². The zero-order valence-electron chi connectivity index (χ0n) is 7.64. The molecular weight excluding hydrogens is 250 g/mol. The van der Waals surface area contributed by atoms with E-state index in [4.69, 9.17) is 39.9 Å². The molecule has 0 aliphatic heterocycles. The van der Waals surface area contributed by atoms with Crippen molar-refractivity contribution in [1.29, 1.82) is 0 Å². The molecule has 0 saturated carbocycles. The van der Waals surface area contributed by atoms with Crippen LogP contribution in [0.15, 0.2) is 0 Å². The average molecular weight is 264 g/mol. The van der Waals surface area contributed by atoms with Crippen LogP contribution in [-0.4, -0.2) is 28.1 Å². The summed E-state index contributed by atoms with van der Waals surface area (Å²) in [5, 5.41) is 8.47. The van der Waals surface area contributed by atoms with E-state index in [1.165, 1.54) is 0 Å². The van der Waals surface area contributed by atoms with Gasteiger partial charge in [-0.15, -0.1) is 0 Å². The lowest BCUT2D eigenvalue weighted by molar-refractivity contribution is -0.143. The summed E-state index contributed by atoms with van der Waals surface area (Å²) in [6, 6.07) is 0. The molecule has 0 unspecified atom stereocenters. The molecule has 0 amide bonds. The van der Waals surface area contributed by atoms with Gasteiger partial charge >= 0.3 is 5.97 Å². The van der Waals surface area contributed by atoms with Gasteiger partial charge in [0.1, 0.15) is 6.61 Å². The molecule has 6 heteroatoms. The number of rotatable bonds is 6. The SMILES string of the molecule is O=C(CCCCCO)OCC(Cl)(Cl)Cl. The van der Waals surface area contributed by atoms with Crippen LogP contribution in [0.4, 0.5) is 0 Å². The van der Waals surface area contributed by atoms with Gasteiger partial charge in [-0.2, -0.15) is 0 Å². The van der Waals surface area contributed by atoms with E-state index >= 15 is 0 Å². The summed E-state index contributed by atoms with van der Waals surface area (Å²) in [7, 11) is 0. The second-order valence-corrected chi connectivity index (χ2v) is 5.33. The molecule has 0 aliphatic rings. The number of aliphatic hydroxyl groups excluding tert-OH is 1. The van der Waals surface area contributed by atoms with Gasteiger partial charge in [0.15, 0.2) is 0 Å². The standard InChI is InChI=1S/C8H13Cl3O3/c9-8(10,11)6-14-7(13)4-2-1-3-5-12/h12H,1-6H2. The summed E-state index contributed by atoms with van der Waals surface area (Å²) in [5.74, 6) is -0.380. The van der Waals surface area contributed by atoms with Crippen LogP contribution >= 0.6 is 34.8 Å². The lowest BCUT2D eigenvalue weighted by Crippen LogP contribution is -2.17. The van der Waals surface area contributed by atoms with E-state index < -0.39 is 3.79 Å². The van der Waals surface area contributed by atoms with Gasteiger partial charge in [-0.3, -0.25) is 4.79 Å². The molecule has 0 rings (SSSR count). The minimum absolute atomic E-state index is 0.142. The van der Waals surface area contributed by atoms with Gasteiger partial charge in [0.25, 0.3) is 0 Å². The predicted octanol–water partition coefficient (Wildman–Crippen LogP) is 2.45. The van der Waals surface area contributed by atoms with Gasteiger partial charge in [0, 0.05) is 13.0 Å². The Morgan fingerprint density at radius 1 is 1.21 bits per heavy atom. The molecular formula is C8H13Cl3O3. The van der Waals surface area contributed by atoms with E-state index in [0.29, 0.717) is 19.3 Å². The number of ether oxygens (including phenoxy) is 1. The number of esters is 1. The average Bonchev–Trinajstić information content (AvgIpc) is 2.08. The molecule has 0 fully saturated rings. The Labute approximate surface area is 98.3 Å². The smallest absolute Gasteiger partial charge is 0.305 e. The van der Waals surface area contributed by atoms with Crippen molar-refractivity contribution in [2.24, 2.45) is 0 Å². The summed E-state index contributed by atoms with van der Waals surface area (Å²) in [4.78, 5) is 11.0. The molecule has 0 radical (unpaired) electrons. The molecule has 84 valence electrons. The Balaban J connectivity index is 3.38. The molecule has 0 aliphatic carbocycles. The summed E-state index contributed by atoms with van der Waals surface area (Å²) in [6.45, 7) is -0.0836. The topological polar surface area (TPSA) is 46.5 Å². The Morgan fingerprint density at radius 2 is 1.86 bits per heavy atom. The number of carbonyl (C=O) groups excluding carboxylic acids is 1. The highest BCUT2D eigenvalue weighted by molar-refractivity contribution is 6.67. The second kappa shape index (κ2) is 7.57. The Hall–Kier alpha value is 0.300. The number of hydrogen-bond donors (Lipinski definition) is 1. The number of unbranched alkanes of at least 4 members (excludes halogenated alkanes) is 2. The van der Waals surface area contributed by atoms with Gasteiger partial charge in [-0.1, -0.05) is 41.2 Å².